The van der Waals surface area contributed by atoms with E-state index in [0.29, 0.717) is 23.6 Å². The van der Waals surface area contributed by atoms with Crippen LogP contribution in [-0.4, -0.2) is 40.8 Å². The SMILES string of the molecule is COc1ccc(-c2nc(CN3CCC[C@H](C(C)(C)O)C3)c(C)o2)c(F)c1. The van der Waals surface area contributed by atoms with Crippen LogP contribution in [0.4, 0.5) is 4.39 Å². The highest BCUT2D eigenvalue weighted by Gasteiger charge is 2.31. The van der Waals surface area contributed by atoms with Crippen molar-refractivity contribution >= 4 is 0 Å². The monoisotopic (exact) mass is 362 g/mol. The Labute approximate surface area is 153 Å². The molecule has 0 spiro atoms. The Kier molecular flexibility index (Phi) is 5.34. The van der Waals surface area contributed by atoms with E-state index in [4.69, 9.17) is 9.15 Å². The fraction of sp³-hybridized carbons (Fsp3) is 0.550. The van der Waals surface area contributed by atoms with Gasteiger partial charge in [0, 0.05) is 19.2 Å². The number of hydrogen-bond acceptors (Lipinski definition) is 5. The van der Waals surface area contributed by atoms with Crippen LogP contribution >= 0.6 is 0 Å². The van der Waals surface area contributed by atoms with Crippen LogP contribution in [-0.2, 0) is 6.54 Å². The van der Waals surface area contributed by atoms with Gasteiger partial charge in [0.1, 0.15) is 17.3 Å². The average molecular weight is 362 g/mol. The Hall–Kier alpha value is -1.92. The number of hydrogen-bond donors (Lipinski definition) is 1. The van der Waals surface area contributed by atoms with Crippen LogP contribution in [0.25, 0.3) is 11.5 Å². The van der Waals surface area contributed by atoms with Crippen molar-refractivity contribution in [3.63, 3.8) is 0 Å². The maximum atomic E-state index is 14.3. The van der Waals surface area contributed by atoms with Gasteiger partial charge < -0.3 is 14.3 Å². The van der Waals surface area contributed by atoms with Crippen LogP contribution in [0.1, 0.15) is 38.1 Å². The molecule has 0 unspecified atom stereocenters. The molecule has 1 saturated heterocycles. The number of benzene rings is 1. The number of likely N-dealkylation sites (tertiary alicyclic amines) is 1. The maximum Gasteiger partial charge on any atom is 0.229 e. The van der Waals surface area contributed by atoms with Crippen molar-refractivity contribution in [2.45, 2.75) is 45.8 Å². The molecule has 0 amide bonds. The molecule has 6 heteroatoms. The van der Waals surface area contributed by atoms with Gasteiger partial charge in [-0.2, -0.15) is 0 Å². The molecular formula is C20H27FN2O3. The van der Waals surface area contributed by atoms with Crippen LogP contribution < -0.4 is 4.74 Å². The van der Waals surface area contributed by atoms with E-state index in [0.717, 1.165) is 31.6 Å². The van der Waals surface area contributed by atoms with E-state index in [2.05, 4.69) is 9.88 Å². The van der Waals surface area contributed by atoms with Gasteiger partial charge in [-0.05, 0) is 58.2 Å². The van der Waals surface area contributed by atoms with Crippen LogP contribution in [0.2, 0.25) is 0 Å². The lowest BCUT2D eigenvalue weighted by atomic mass is 9.84. The zero-order chi connectivity index (χ0) is 18.9. The maximum absolute atomic E-state index is 14.3. The summed E-state index contributed by atoms with van der Waals surface area (Å²) in [6, 6.07) is 4.64. The van der Waals surface area contributed by atoms with Crippen molar-refractivity contribution in [1.82, 2.24) is 9.88 Å². The quantitative estimate of drug-likeness (QED) is 0.877. The molecule has 0 radical (unpaired) electrons. The van der Waals surface area contributed by atoms with E-state index in [9.17, 15) is 9.50 Å². The lowest BCUT2D eigenvalue weighted by Crippen LogP contribution is -2.44. The van der Waals surface area contributed by atoms with Gasteiger partial charge in [0.2, 0.25) is 5.89 Å². The van der Waals surface area contributed by atoms with Gasteiger partial charge in [0.15, 0.2) is 0 Å². The first-order valence-electron chi connectivity index (χ1n) is 9.03. The van der Waals surface area contributed by atoms with Crippen molar-refractivity contribution in [1.29, 1.82) is 0 Å². The summed E-state index contributed by atoms with van der Waals surface area (Å²) >= 11 is 0. The number of nitrogens with zero attached hydrogens (tertiary/aromatic N) is 2. The highest BCUT2D eigenvalue weighted by molar-refractivity contribution is 5.56. The second kappa shape index (κ2) is 7.37. The summed E-state index contributed by atoms with van der Waals surface area (Å²) in [6.07, 6.45) is 2.08. The second-order valence-corrected chi connectivity index (χ2v) is 7.60. The number of aliphatic hydroxyl groups is 1. The fourth-order valence-corrected chi connectivity index (χ4v) is 3.47. The minimum atomic E-state index is -0.686. The van der Waals surface area contributed by atoms with E-state index in [1.165, 1.54) is 13.2 Å². The summed E-state index contributed by atoms with van der Waals surface area (Å²) in [5.41, 5.74) is 0.453. The third kappa shape index (κ3) is 4.07. The first-order chi connectivity index (χ1) is 12.3. The normalized spacial score (nSPS) is 18.9. The Morgan fingerprint density at radius 3 is 2.85 bits per heavy atom. The molecule has 0 saturated carbocycles. The predicted octanol–water partition coefficient (Wildman–Crippen LogP) is 3.78. The third-order valence-electron chi connectivity index (χ3n) is 5.18. The summed E-state index contributed by atoms with van der Waals surface area (Å²) in [5, 5.41) is 10.3. The molecule has 1 aromatic carbocycles. The third-order valence-corrected chi connectivity index (χ3v) is 5.18. The van der Waals surface area contributed by atoms with Crippen LogP contribution in [0.3, 0.4) is 0 Å². The summed E-state index contributed by atoms with van der Waals surface area (Å²) in [7, 11) is 1.50. The number of aryl methyl sites for hydroxylation is 1. The molecule has 2 aromatic rings. The van der Waals surface area contributed by atoms with Gasteiger partial charge in [0.25, 0.3) is 0 Å². The zero-order valence-electron chi connectivity index (χ0n) is 15.9. The second-order valence-electron chi connectivity index (χ2n) is 7.60. The zero-order valence-corrected chi connectivity index (χ0v) is 15.9. The van der Waals surface area contributed by atoms with E-state index in [1.807, 2.05) is 20.8 Å². The van der Waals surface area contributed by atoms with Crippen LogP contribution in [0.5, 0.6) is 5.75 Å². The van der Waals surface area contributed by atoms with Crippen molar-refractivity contribution < 1.29 is 18.7 Å². The Balaban J connectivity index is 1.76. The smallest absolute Gasteiger partial charge is 0.229 e. The standard InChI is InChI=1S/C20H27FN2O3/c1-13-18(12-23-9-5-6-14(11-23)20(2,3)24)22-19(26-13)16-8-7-15(25-4)10-17(16)21/h7-8,10,14,24H,5-6,9,11-12H2,1-4H3/t14-/m0/s1. The molecule has 1 N–H and O–H groups in total. The van der Waals surface area contributed by atoms with Gasteiger partial charge >= 0.3 is 0 Å². The number of rotatable bonds is 5. The first kappa shape index (κ1) is 18.9. The molecule has 1 aliphatic rings. The van der Waals surface area contributed by atoms with Crippen LogP contribution in [0.15, 0.2) is 22.6 Å². The van der Waals surface area contributed by atoms with Gasteiger partial charge in [0.05, 0.1) is 24.0 Å². The number of halogens is 1. The summed E-state index contributed by atoms with van der Waals surface area (Å²) in [6.45, 7) is 8.01. The number of methoxy groups -OCH3 is 1. The van der Waals surface area contributed by atoms with Gasteiger partial charge in [-0.25, -0.2) is 9.37 Å². The Morgan fingerprint density at radius 1 is 1.42 bits per heavy atom. The highest BCUT2D eigenvalue weighted by atomic mass is 19.1. The molecule has 2 heterocycles. The first-order valence-corrected chi connectivity index (χ1v) is 9.03. The summed E-state index contributed by atoms with van der Waals surface area (Å²) < 4.78 is 25.0. The van der Waals surface area contributed by atoms with Gasteiger partial charge in [-0.1, -0.05) is 0 Å². The van der Waals surface area contributed by atoms with E-state index in [1.54, 1.807) is 12.1 Å². The fourth-order valence-electron chi connectivity index (χ4n) is 3.47. The van der Waals surface area contributed by atoms with Gasteiger partial charge in [-0.3, -0.25) is 4.90 Å². The molecule has 0 bridgehead atoms. The minimum Gasteiger partial charge on any atom is -0.497 e. The molecule has 1 aliphatic heterocycles. The highest BCUT2D eigenvalue weighted by Crippen LogP contribution is 2.30. The molecule has 3 rings (SSSR count). The molecule has 0 aliphatic carbocycles. The molecule has 26 heavy (non-hydrogen) atoms. The number of piperidine rings is 1. The van der Waals surface area contributed by atoms with Crippen molar-refractivity contribution in [3.05, 3.63) is 35.5 Å². The lowest BCUT2D eigenvalue weighted by molar-refractivity contribution is -0.0200. The van der Waals surface area contributed by atoms with E-state index >= 15 is 0 Å². The Morgan fingerprint density at radius 2 is 2.19 bits per heavy atom. The number of oxazole rings is 1. The summed E-state index contributed by atoms with van der Waals surface area (Å²) in [4.78, 5) is 6.81. The van der Waals surface area contributed by atoms with E-state index in [-0.39, 0.29) is 11.8 Å². The molecule has 5 nitrogen and oxygen atoms in total. The Bertz CT molecular complexity index is 767. The van der Waals surface area contributed by atoms with Crippen molar-refractivity contribution in [2.75, 3.05) is 20.2 Å². The van der Waals surface area contributed by atoms with Crippen molar-refractivity contribution in [2.24, 2.45) is 5.92 Å². The molecule has 142 valence electrons. The lowest BCUT2D eigenvalue weighted by Gasteiger charge is -2.38. The van der Waals surface area contributed by atoms with E-state index < -0.39 is 11.4 Å². The topological polar surface area (TPSA) is 58.7 Å². The molecule has 1 atom stereocenters. The molecule has 1 aromatic heterocycles. The number of ether oxygens (including phenoxy) is 1. The predicted molar refractivity (Wildman–Crippen MR) is 97.5 cm³/mol. The number of aromatic nitrogens is 1. The van der Waals surface area contributed by atoms with Crippen LogP contribution in [0, 0.1) is 18.7 Å². The minimum absolute atomic E-state index is 0.238. The summed E-state index contributed by atoms with van der Waals surface area (Å²) in [5.74, 6) is 1.26. The molecular weight excluding hydrogens is 335 g/mol. The average Bonchev–Trinajstić information content (AvgIpc) is 2.94. The largest absolute Gasteiger partial charge is 0.497 e. The van der Waals surface area contributed by atoms with Crippen molar-refractivity contribution in [3.8, 4) is 17.2 Å². The molecule has 1 fully saturated rings. The van der Waals surface area contributed by atoms with Gasteiger partial charge in [-0.15, -0.1) is 0 Å².